The van der Waals surface area contributed by atoms with Gasteiger partial charge in [-0.2, -0.15) is 10.0 Å². The molecule has 26 heavy (non-hydrogen) atoms. The summed E-state index contributed by atoms with van der Waals surface area (Å²) < 4.78 is 0. The van der Waals surface area contributed by atoms with Gasteiger partial charge < -0.3 is 0 Å². The molecule has 2 aliphatic rings. The molecule has 2 rings (SSSR count). The maximum atomic E-state index is 13.2. The number of hydrogen-bond donors (Lipinski definition) is 0. The second-order valence-corrected chi connectivity index (χ2v) is 6.43. The smallest absolute Gasteiger partial charge is 0.273 e. The summed E-state index contributed by atoms with van der Waals surface area (Å²) in [7, 11) is 0. The third-order valence-electron chi connectivity index (χ3n) is 4.42. The largest absolute Gasteiger partial charge is 0.358 e. The average Bonchev–Trinajstić information content (AvgIpc) is 3.12. The summed E-state index contributed by atoms with van der Waals surface area (Å²) >= 11 is 0. The van der Waals surface area contributed by atoms with Gasteiger partial charge in [-0.1, -0.05) is 26.7 Å². The van der Waals surface area contributed by atoms with Crippen LogP contribution in [0.4, 0.5) is 4.79 Å². The molecule has 2 fully saturated rings. The van der Waals surface area contributed by atoms with Crippen LogP contribution in [0, 0.1) is 0 Å². The van der Waals surface area contributed by atoms with Gasteiger partial charge in [-0.25, -0.2) is 14.8 Å². The zero-order chi connectivity index (χ0) is 19.3. The van der Waals surface area contributed by atoms with E-state index in [1.807, 2.05) is 13.8 Å². The zero-order valence-corrected chi connectivity index (χ0v) is 15.4. The summed E-state index contributed by atoms with van der Waals surface area (Å²) in [6, 6.07) is -0.681. The normalized spacial score (nSPS) is 17.5. The van der Waals surface area contributed by atoms with Crippen molar-refractivity contribution < 1.29 is 24.0 Å². The molecule has 2 saturated heterocycles. The van der Waals surface area contributed by atoms with Crippen molar-refractivity contribution in [2.75, 3.05) is 13.1 Å². The van der Waals surface area contributed by atoms with E-state index < -0.39 is 29.7 Å². The fourth-order valence-electron chi connectivity index (χ4n) is 2.98. The van der Waals surface area contributed by atoms with Gasteiger partial charge >= 0.3 is 6.03 Å². The lowest BCUT2D eigenvalue weighted by atomic mass is 10.3. The predicted octanol–water partition coefficient (Wildman–Crippen LogP) is 1.44. The highest BCUT2D eigenvalue weighted by Gasteiger charge is 2.42. The molecular formula is C17H26N4O5. The highest BCUT2D eigenvalue weighted by Crippen LogP contribution is 2.21. The van der Waals surface area contributed by atoms with Crippen LogP contribution in [0.1, 0.15) is 65.2 Å². The Kier molecular flexibility index (Phi) is 6.70. The lowest BCUT2D eigenvalue weighted by molar-refractivity contribution is -0.159. The van der Waals surface area contributed by atoms with Crippen LogP contribution in [0.3, 0.4) is 0 Å². The fourth-order valence-corrected chi connectivity index (χ4v) is 2.98. The van der Waals surface area contributed by atoms with Gasteiger partial charge in [0.15, 0.2) is 0 Å². The van der Waals surface area contributed by atoms with E-state index in [0.717, 1.165) is 32.9 Å². The maximum absolute atomic E-state index is 13.2. The molecule has 0 saturated carbocycles. The molecule has 0 bridgehead atoms. The molecule has 144 valence electrons. The number of hydrazine groups is 2. The Labute approximate surface area is 152 Å². The van der Waals surface area contributed by atoms with Gasteiger partial charge in [0.05, 0.1) is 0 Å². The van der Waals surface area contributed by atoms with Crippen molar-refractivity contribution in [1.29, 1.82) is 0 Å². The summed E-state index contributed by atoms with van der Waals surface area (Å²) in [5.41, 5.74) is 0. The lowest BCUT2D eigenvalue weighted by Gasteiger charge is -2.37. The Bertz CT molecular complexity index is 524. The van der Waals surface area contributed by atoms with Crippen molar-refractivity contribution in [1.82, 2.24) is 20.0 Å². The summed E-state index contributed by atoms with van der Waals surface area (Å²) in [5, 5.41) is 3.94. The maximum Gasteiger partial charge on any atom is 0.358 e. The summed E-state index contributed by atoms with van der Waals surface area (Å²) in [6.45, 7) is 4.20. The SMILES string of the molecule is CCCCN(C(=O)N(CCCC)N1C(=O)CCC1=O)N1C(=O)CCC1=O. The molecule has 0 aromatic carbocycles. The Hall–Kier alpha value is -2.45. The predicted molar refractivity (Wildman–Crippen MR) is 90.8 cm³/mol. The number of amides is 6. The number of carbonyl (C=O) groups excluding carboxylic acids is 5. The molecule has 6 amide bonds. The molecule has 0 N–H and O–H groups in total. The summed E-state index contributed by atoms with van der Waals surface area (Å²) in [6.07, 6.45) is 2.94. The first-order valence-electron chi connectivity index (χ1n) is 9.22. The Morgan fingerprint density at radius 1 is 0.731 bits per heavy atom. The van der Waals surface area contributed by atoms with Crippen LogP contribution in [0.15, 0.2) is 0 Å². The van der Waals surface area contributed by atoms with E-state index in [4.69, 9.17) is 0 Å². The fraction of sp³-hybridized carbons (Fsp3) is 0.706. The standard InChI is InChI=1S/C17H26N4O5/c1-3-5-11-18(20-13(22)7-8-14(20)23)17(26)19(12-6-4-2)21-15(24)9-10-16(21)25/h3-12H2,1-2H3. The molecule has 0 atom stereocenters. The number of unbranched alkanes of at least 4 members (excludes halogenated alkanes) is 2. The molecule has 0 aromatic rings. The minimum Gasteiger partial charge on any atom is -0.273 e. The lowest BCUT2D eigenvalue weighted by Crippen LogP contribution is -2.59. The Balaban J connectivity index is 2.31. The molecule has 2 aliphatic heterocycles. The van der Waals surface area contributed by atoms with Gasteiger partial charge in [-0.3, -0.25) is 19.2 Å². The number of rotatable bonds is 8. The minimum atomic E-state index is -0.681. The molecule has 0 aromatic heterocycles. The third-order valence-corrected chi connectivity index (χ3v) is 4.42. The molecular weight excluding hydrogens is 340 g/mol. The van der Waals surface area contributed by atoms with Gasteiger partial charge in [0.25, 0.3) is 0 Å². The number of nitrogens with zero attached hydrogens (tertiary/aromatic N) is 4. The highest BCUT2D eigenvalue weighted by atomic mass is 16.2. The average molecular weight is 366 g/mol. The molecule has 9 heteroatoms. The van der Waals surface area contributed by atoms with Gasteiger partial charge in [-0.15, -0.1) is 0 Å². The van der Waals surface area contributed by atoms with Crippen molar-refractivity contribution in [3.8, 4) is 0 Å². The van der Waals surface area contributed by atoms with Crippen LogP contribution in [-0.4, -0.2) is 62.8 Å². The topological polar surface area (TPSA) is 98.3 Å². The molecule has 9 nitrogen and oxygen atoms in total. The van der Waals surface area contributed by atoms with E-state index in [9.17, 15) is 24.0 Å². The van der Waals surface area contributed by atoms with Crippen LogP contribution in [0.5, 0.6) is 0 Å². The molecule has 0 unspecified atom stereocenters. The second-order valence-electron chi connectivity index (χ2n) is 6.43. The number of carbonyl (C=O) groups is 5. The van der Waals surface area contributed by atoms with Gasteiger partial charge in [0.2, 0.25) is 23.6 Å². The van der Waals surface area contributed by atoms with Crippen molar-refractivity contribution in [2.45, 2.75) is 65.2 Å². The van der Waals surface area contributed by atoms with E-state index in [1.54, 1.807) is 0 Å². The number of imide groups is 2. The minimum absolute atomic E-state index is 0.0608. The van der Waals surface area contributed by atoms with Crippen LogP contribution >= 0.6 is 0 Å². The monoisotopic (exact) mass is 366 g/mol. The van der Waals surface area contributed by atoms with Crippen molar-refractivity contribution in [3.05, 3.63) is 0 Å². The van der Waals surface area contributed by atoms with Gasteiger partial charge in [-0.05, 0) is 12.8 Å². The van der Waals surface area contributed by atoms with E-state index in [0.29, 0.717) is 12.8 Å². The number of hydrogen-bond acceptors (Lipinski definition) is 5. The summed E-state index contributed by atoms with van der Waals surface area (Å²) in [5.74, 6) is -1.74. The zero-order valence-electron chi connectivity index (χ0n) is 15.4. The van der Waals surface area contributed by atoms with Gasteiger partial charge in [0.1, 0.15) is 0 Å². The van der Waals surface area contributed by atoms with E-state index in [-0.39, 0.29) is 38.8 Å². The van der Waals surface area contributed by atoms with Gasteiger partial charge in [0, 0.05) is 38.8 Å². The highest BCUT2D eigenvalue weighted by molar-refractivity contribution is 6.05. The first kappa shape index (κ1) is 19.9. The molecule has 0 aliphatic carbocycles. The van der Waals surface area contributed by atoms with Crippen molar-refractivity contribution in [3.63, 3.8) is 0 Å². The van der Waals surface area contributed by atoms with E-state index in [2.05, 4.69) is 0 Å². The van der Waals surface area contributed by atoms with E-state index in [1.165, 1.54) is 0 Å². The second kappa shape index (κ2) is 8.77. The van der Waals surface area contributed by atoms with Crippen molar-refractivity contribution in [2.24, 2.45) is 0 Å². The number of urea groups is 1. The van der Waals surface area contributed by atoms with Crippen molar-refractivity contribution >= 4 is 29.7 Å². The first-order valence-corrected chi connectivity index (χ1v) is 9.22. The first-order chi connectivity index (χ1) is 12.4. The Morgan fingerprint density at radius 2 is 1.04 bits per heavy atom. The van der Waals surface area contributed by atoms with Crippen LogP contribution in [0.2, 0.25) is 0 Å². The molecule has 2 heterocycles. The van der Waals surface area contributed by atoms with Crippen LogP contribution in [-0.2, 0) is 19.2 Å². The quantitative estimate of drug-likeness (QED) is 0.605. The molecule has 0 radical (unpaired) electrons. The van der Waals surface area contributed by atoms with E-state index >= 15 is 0 Å². The van der Waals surface area contributed by atoms with Crippen LogP contribution < -0.4 is 0 Å². The Morgan fingerprint density at radius 3 is 1.31 bits per heavy atom. The molecule has 0 spiro atoms. The van der Waals surface area contributed by atoms with Crippen LogP contribution in [0.25, 0.3) is 0 Å². The summed E-state index contributed by atoms with van der Waals surface area (Å²) in [4.78, 5) is 61.7. The third kappa shape index (κ3) is 4.03.